The van der Waals surface area contributed by atoms with E-state index >= 15 is 0 Å². The number of benzene rings is 1. The maximum absolute atomic E-state index is 12.3. The summed E-state index contributed by atoms with van der Waals surface area (Å²) in [5.74, 6) is 0. The van der Waals surface area contributed by atoms with E-state index in [0.717, 1.165) is 18.5 Å². The van der Waals surface area contributed by atoms with E-state index in [0.29, 0.717) is 18.0 Å². The van der Waals surface area contributed by atoms with E-state index in [-0.39, 0.29) is 0 Å². The molecule has 1 aromatic rings. The van der Waals surface area contributed by atoms with E-state index in [1.165, 1.54) is 0 Å². The number of hydrogen-bond acceptors (Lipinski definition) is 4. The van der Waals surface area contributed by atoms with E-state index in [4.69, 9.17) is 4.74 Å². The summed E-state index contributed by atoms with van der Waals surface area (Å²) in [5.41, 5.74) is 1.06. The summed E-state index contributed by atoms with van der Waals surface area (Å²) in [4.78, 5) is 0.393. The van der Waals surface area contributed by atoms with Crippen LogP contribution in [0.15, 0.2) is 29.2 Å². The predicted octanol–water partition coefficient (Wildman–Crippen LogP) is 1.78. The topological polar surface area (TPSA) is 55.4 Å². The summed E-state index contributed by atoms with van der Waals surface area (Å²) < 4.78 is 29.5. The Morgan fingerprint density at radius 1 is 1.26 bits per heavy atom. The molecule has 108 valence electrons. The summed E-state index contributed by atoms with van der Waals surface area (Å²) >= 11 is 0. The minimum Gasteiger partial charge on any atom is -0.385 e. The molecule has 1 unspecified atom stereocenters. The third kappa shape index (κ3) is 4.93. The molecule has 19 heavy (non-hydrogen) atoms. The van der Waals surface area contributed by atoms with E-state index in [1.807, 2.05) is 19.1 Å². The van der Waals surface area contributed by atoms with Crippen molar-refractivity contribution < 1.29 is 13.2 Å². The van der Waals surface area contributed by atoms with Crippen LogP contribution in [0.3, 0.4) is 0 Å². The fourth-order valence-electron chi connectivity index (χ4n) is 1.72. The Balaban J connectivity index is 2.54. The highest BCUT2D eigenvalue weighted by molar-refractivity contribution is 7.92. The Kier molecular flexibility index (Phi) is 6.48. The van der Waals surface area contributed by atoms with Crippen molar-refractivity contribution in [2.24, 2.45) is 0 Å². The molecule has 0 aliphatic carbocycles. The summed E-state index contributed by atoms with van der Waals surface area (Å²) in [6.07, 6.45) is 0.883. The molecule has 0 heterocycles. The third-order valence-corrected chi connectivity index (χ3v) is 5.17. The predicted molar refractivity (Wildman–Crippen MR) is 77.2 cm³/mol. The number of nitrogens with one attached hydrogen (secondary N) is 1. The molecule has 0 aliphatic heterocycles. The van der Waals surface area contributed by atoms with E-state index in [1.54, 1.807) is 26.2 Å². The van der Waals surface area contributed by atoms with Crippen LogP contribution in [0.25, 0.3) is 0 Å². The van der Waals surface area contributed by atoms with E-state index in [2.05, 4.69) is 5.32 Å². The molecule has 1 aromatic carbocycles. The van der Waals surface area contributed by atoms with Crippen molar-refractivity contribution in [2.45, 2.75) is 30.4 Å². The second kappa shape index (κ2) is 7.62. The Labute approximate surface area is 116 Å². The second-order valence-electron chi connectivity index (χ2n) is 4.72. The molecule has 5 heteroatoms. The molecule has 0 aliphatic rings. The smallest absolute Gasteiger partial charge is 0.182 e. The molecule has 1 rings (SSSR count). The minimum atomic E-state index is -3.24. The monoisotopic (exact) mass is 285 g/mol. The first-order valence-corrected chi connectivity index (χ1v) is 8.03. The first-order valence-electron chi connectivity index (χ1n) is 6.48. The van der Waals surface area contributed by atoms with Gasteiger partial charge in [-0.15, -0.1) is 0 Å². The van der Waals surface area contributed by atoms with Crippen LogP contribution in [0.2, 0.25) is 0 Å². The Morgan fingerprint density at radius 2 is 1.89 bits per heavy atom. The fraction of sp³-hybridized carbons (Fsp3) is 0.571. The highest BCUT2D eigenvalue weighted by atomic mass is 32.2. The van der Waals surface area contributed by atoms with Crippen LogP contribution in [0.5, 0.6) is 0 Å². The normalized spacial score (nSPS) is 13.4. The highest BCUT2D eigenvalue weighted by Crippen LogP contribution is 2.16. The molecule has 0 radical (unpaired) electrons. The van der Waals surface area contributed by atoms with Gasteiger partial charge in [-0.05, 0) is 38.9 Å². The lowest BCUT2D eigenvalue weighted by Gasteiger charge is -2.14. The van der Waals surface area contributed by atoms with Crippen molar-refractivity contribution >= 4 is 9.84 Å². The maximum atomic E-state index is 12.3. The lowest BCUT2D eigenvalue weighted by molar-refractivity contribution is 0.194. The van der Waals surface area contributed by atoms with Crippen molar-refractivity contribution in [1.82, 2.24) is 5.32 Å². The van der Waals surface area contributed by atoms with Gasteiger partial charge in [-0.1, -0.05) is 17.7 Å². The van der Waals surface area contributed by atoms with Gasteiger partial charge >= 0.3 is 0 Å². The van der Waals surface area contributed by atoms with Gasteiger partial charge in [-0.25, -0.2) is 8.42 Å². The summed E-state index contributed by atoms with van der Waals surface area (Å²) in [7, 11) is -1.59. The molecule has 0 bridgehead atoms. The van der Waals surface area contributed by atoms with Crippen LogP contribution < -0.4 is 5.32 Å². The van der Waals surface area contributed by atoms with Crippen LogP contribution in [0, 0.1) is 6.92 Å². The van der Waals surface area contributed by atoms with Gasteiger partial charge < -0.3 is 10.1 Å². The molecule has 0 aromatic heterocycles. The molecular formula is C14H23NO3S. The summed E-state index contributed by atoms with van der Waals surface area (Å²) in [5, 5.41) is 2.72. The SMILES string of the molecule is COCCCNCC(C)S(=O)(=O)c1ccc(C)cc1. The molecule has 0 saturated carbocycles. The molecule has 0 spiro atoms. The van der Waals surface area contributed by atoms with Crippen molar-refractivity contribution in [3.05, 3.63) is 29.8 Å². The van der Waals surface area contributed by atoms with Crippen LogP contribution in [0.1, 0.15) is 18.9 Å². The van der Waals surface area contributed by atoms with Crippen molar-refractivity contribution in [1.29, 1.82) is 0 Å². The first-order chi connectivity index (χ1) is 8.98. The quantitative estimate of drug-likeness (QED) is 0.740. The minimum absolute atomic E-state index is 0.393. The van der Waals surface area contributed by atoms with Crippen LogP contribution in [-0.2, 0) is 14.6 Å². The number of hydrogen-bond donors (Lipinski definition) is 1. The average Bonchev–Trinajstić information content (AvgIpc) is 2.38. The maximum Gasteiger partial charge on any atom is 0.182 e. The summed E-state index contributed by atoms with van der Waals surface area (Å²) in [6.45, 7) is 5.59. The van der Waals surface area contributed by atoms with Gasteiger partial charge in [0.05, 0.1) is 10.1 Å². The van der Waals surface area contributed by atoms with Gasteiger partial charge in [-0.3, -0.25) is 0 Å². The molecule has 0 fully saturated rings. The molecule has 1 atom stereocenters. The zero-order valence-corrected chi connectivity index (χ0v) is 12.7. The van der Waals surface area contributed by atoms with Crippen molar-refractivity contribution in [2.75, 3.05) is 26.8 Å². The number of sulfone groups is 1. The van der Waals surface area contributed by atoms with Crippen molar-refractivity contribution in [3.63, 3.8) is 0 Å². The fourth-order valence-corrected chi connectivity index (χ4v) is 3.03. The molecule has 0 amide bonds. The van der Waals surface area contributed by atoms with Gasteiger partial charge in [0.25, 0.3) is 0 Å². The zero-order valence-electron chi connectivity index (χ0n) is 11.8. The lowest BCUT2D eigenvalue weighted by atomic mass is 10.2. The second-order valence-corrected chi connectivity index (χ2v) is 7.09. The standard InChI is InChI=1S/C14H23NO3S/c1-12-5-7-14(8-6-12)19(16,17)13(2)11-15-9-4-10-18-3/h5-8,13,15H,4,9-11H2,1-3H3. The van der Waals surface area contributed by atoms with Gasteiger partial charge in [0.2, 0.25) is 0 Å². The van der Waals surface area contributed by atoms with Gasteiger partial charge in [0, 0.05) is 20.3 Å². The zero-order chi connectivity index (χ0) is 14.3. The van der Waals surface area contributed by atoms with E-state index < -0.39 is 15.1 Å². The summed E-state index contributed by atoms with van der Waals surface area (Å²) in [6, 6.07) is 7.00. The van der Waals surface area contributed by atoms with Crippen LogP contribution in [-0.4, -0.2) is 40.5 Å². The van der Waals surface area contributed by atoms with Crippen LogP contribution >= 0.6 is 0 Å². The van der Waals surface area contributed by atoms with Crippen molar-refractivity contribution in [3.8, 4) is 0 Å². The molecule has 4 nitrogen and oxygen atoms in total. The van der Waals surface area contributed by atoms with E-state index in [9.17, 15) is 8.42 Å². The highest BCUT2D eigenvalue weighted by Gasteiger charge is 2.22. The first kappa shape index (κ1) is 16.1. The van der Waals surface area contributed by atoms with Crippen LogP contribution in [0.4, 0.5) is 0 Å². The molecular weight excluding hydrogens is 262 g/mol. The van der Waals surface area contributed by atoms with Gasteiger partial charge in [-0.2, -0.15) is 0 Å². The lowest BCUT2D eigenvalue weighted by Crippen LogP contribution is -2.32. The average molecular weight is 285 g/mol. The molecule has 1 N–H and O–H groups in total. The molecule has 0 saturated heterocycles. The largest absolute Gasteiger partial charge is 0.385 e. The number of methoxy groups -OCH3 is 1. The number of aryl methyl sites for hydroxylation is 1. The Bertz CT molecular complexity index is 468. The Hall–Kier alpha value is -0.910. The third-order valence-electron chi connectivity index (χ3n) is 3.01. The van der Waals surface area contributed by atoms with Gasteiger partial charge in [0.1, 0.15) is 0 Å². The Morgan fingerprint density at radius 3 is 2.47 bits per heavy atom. The number of ether oxygens (including phenoxy) is 1. The van der Waals surface area contributed by atoms with Gasteiger partial charge in [0.15, 0.2) is 9.84 Å². The number of rotatable bonds is 8.